The molecule has 4 rings (SSSR count). The van der Waals surface area contributed by atoms with Gasteiger partial charge in [0.2, 0.25) is 0 Å². The Morgan fingerprint density at radius 3 is 2.96 bits per heavy atom. The van der Waals surface area contributed by atoms with Crippen molar-refractivity contribution in [3.05, 3.63) is 76.2 Å². The van der Waals surface area contributed by atoms with E-state index in [4.69, 9.17) is 22.3 Å². The largest absolute Gasteiger partial charge is 0.325 e. The van der Waals surface area contributed by atoms with Crippen molar-refractivity contribution in [1.29, 1.82) is 0 Å². The number of fused-ring (bicyclic) bond motifs is 2. The predicted octanol–water partition coefficient (Wildman–Crippen LogP) is 4.66. The van der Waals surface area contributed by atoms with E-state index in [9.17, 15) is 0 Å². The minimum atomic E-state index is 0.435. The third-order valence-corrected chi connectivity index (χ3v) is 5.50. The molecule has 1 atom stereocenters. The molecule has 0 bridgehead atoms. The highest BCUT2D eigenvalue weighted by Gasteiger charge is 2.24. The number of aromatic nitrogens is 2. The first kappa shape index (κ1) is 16.2. The summed E-state index contributed by atoms with van der Waals surface area (Å²) in [5, 5.41) is 1.88. The smallest absolute Gasteiger partial charge is 0.0726 e. The monoisotopic (exact) mass is 349 g/mol. The van der Waals surface area contributed by atoms with Gasteiger partial charge in [-0.2, -0.15) is 0 Å². The van der Waals surface area contributed by atoms with Gasteiger partial charge in [-0.25, -0.2) is 0 Å². The number of hydrogen-bond acceptors (Lipinski definition) is 3. The fraction of sp³-hybridized carbons (Fsp3) is 0.238. The van der Waals surface area contributed by atoms with Crippen LogP contribution in [0.25, 0.3) is 17.0 Å². The Labute approximate surface area is 152 Å². The molecule has 0 fully saturated rings. The summed E-state index contributed by atoms with van der Waals surface area (Å²) in [6, 6.07) is 10.3. The van der Waals surface area contributed by atoms with Crippen molar-refractivity contribution in [3.8, 4) is 0 Å². The number of rotatable bonds is 3. The molecule has 1 aromatic carbocycles. The third kappa shape index (κ3) is 2.94. The average Bonchev–Trinajstić information content (AvgIpc) is 2.67. The zero-order chi connectivity index (χ0) is 17.4. The summed E-state index contributed by atoms with van der Waals surface area (Å²) >= 11 is 6.70. The van der Waals surface area contributed by atoms with E-state index in [1.54, 1.807) is 0 Å². The zero-order valence-electron chi connectivity index (χ0n) is 14.0. The molecule has 3 aromatic rings. The molecule has 0 saturated carbocycles. The molecular weight excluding hydrogens is 330 g/mol. The zero-order valence-corrected chi connectivity index (χ0v) is 14.8. The van der Waals surface area contributed by atoms with Gasteiger partial charge in [0.15, 0.2) is 0 Å². The molecule has 0 amide bonds. The summed E-state index contributed by atoms with van der Waals surface area (Å²) in [6.45, 7) is 4.31. The lowest BCUT2D eigenvalue weighted by Crippen LogP contribution is -2.16. The first-order valence-corrected chi connectivity index (χ1v) is 8.95. The molecule has 3 nitrogen and oxygen atoms in total. The highest BCUT2D eigenvalue weighted by atomic mass is 35.5. The van der Waals surface area contributed by atoms with Gasteiger partial charge in [-0.1, -0.05) is 36.4 Å². The van der Waals surface area contributed by atoms with Crippen LogP contribution in [-0.4, -0.2) is 9.97 Å². The summed E-state index contributed by atoms with van der Waals surface area (Å²) in [7, 11) is 0. The van der Waals surface area contributed by atoms with Gasteiger partial charge >= 0.3 is 0 Å². The first-order valence-electron chi connectivity index (χ1n) is 8.58. The van der Waals surface area contributed by atoms with Crippen LogP contribution in [0.3, 0.4) is 0 Å². The molecule has 1 aliphatic carbocycles. The topological polar surface area (TPSA) is 51.8 Å². The molecule has 0 spiro atoms. The maximum absolute atomic E-state index is 6.70. The summed E-state index contributed by atoms with van der Waals surface area (Å²) < 4.78 is 0. The van der Waals surface area contributed by atoms with Gasteiger partial charge in [0.1, 0.15) is 0 Å². The van der Waals surface area contributed by atoms with Crippen molar-refractivity contribution in [1.82, 2.24) is 9.97 Å². The Bertz CT molecular complexity index is 965. The van der Waals surface area contributed by atoms with Crippen LogP contribution in [0.15, 0.2) is 43.1 Å². The lowest BCUT2D eigenvalue weighted by Gasteiger charge is -2.26. The minimum Gasteiger partial charge on any atom is -0.325 e. The molecule has 1 unspecified atom stereocenters. The molecule has 1 aliphatic rings. The quantitative estimate of drug-likeness (QED) is 0.748. The summed E-state index contributed by atoms with van der Waals surface area (Å²) in [4.78, 5) is 9.23. The fourth-order valence-electron chi connectivity index (χ4n) is 3.68. The number of halogens is 1. The lowest BCUT2D eigenvalue weighted by molar-refractivity contribution is 0.573. The standard InChI is InChI=1S/C21H20ClN3/c1-2-13-3-5-17-19(9-13)25-20-11-14(4-6-18(20)21(17)22)15-7-8-24-16(10-15)12-23/h2-3,5,7-10,14H,1,4,6,11-12,23H2. The van der Waals surface area contributed by atoms with Crippen molar-refractivity contribution in [2.24, 2.45) is 5.73 Å². The Morgan fingerprint density at radius 2 is 2.16 bits per heavy atom. The molecular formula is C21H20ClN3. The van der Waals surface area contributed by atoms with Gasteiger partial charge in [0, 0.05) is 23.8 Å². The maximum Gasteiger partial charge on any atom is 0.0726 e. The van der Waals surface area contributed by atoms with E-state index in [2.05, 4.69) is 29.8 Å². The van der Waals surface area contributed by atoms with Gasteiger partial charge in [0.05, 0.1) is 16.2 Å². The van der Waals surface area contributed by atoms with E-state index >= 15 is 0 Å². The van der Waals surface area contributed by atoms with Crippen molar-refractivity contribution >= 4 is 28.6 Å². The van der Waals surface area contributed by atoms with Crippen molar-refractivity contribution < 1.29 is 0 Å². The van der Waals surface area contributed by atoms with Gasteiger partial charge < -0.3 is 5.73 Å². The Balaban J connectivity index is 1.75. The second-order valence-corrected chi connectivity index (χ2v) is 6.93. The summed E-state index contributed by atoms with van der Waals surface area (Å²) in [6.07, 6.45) is 6.61. The predicted molar refractivity (Wildman–Crippen MR) is 104 cm³/mol. The molecule has 25 heavy (non-hydrogen) atoms. The Morgan fingerprint density at radius 1 is 1.28 bits per heavy atom. The van der Waals surface area contributed by atoms with E-state index in [1.807, 2.05) is 24.4 Å². The molecule has 2 aromatic heterocycles. The first-order chi connectivity index (χ1) is 12.2. The average molecular weight is 350 g/mol. The molecule has 4 heteroatoms. The van der Waals surface area contributed by atoms with Gasteiger partial charge in [0.25, 0.3) is 0 Å². The maximum atomic E-state index is 6.70. The van der Waals surface area contributed by atoms with Crippen molar-refractivity contribution in [2.45, 2.75) is 31.7 Å². The molecule has 2 heterocycles. The molecule has 0 aliphatic heterocycles. The number of hydrogen-bond donors (Lipinski definition) is 1. The highest BCUT2D eigenvalue weighted by molar-refractivity contribution is 6.36. The Hall–Kier alpha value is -2.23. The van der Waals surface area contributed by atoms with Crippen LogP contribution in [0, 0.1) is 0 Å². The van der Waals surface area contributed by atoms with Crippen LogP contribution >= 0.6 is 11.6 Å². The van der Waals surface area contributed by atoms with Crippen molar-refractivity contribution in [3.63, 3.8) is 0 Å². The van der Waals surface area contributed by atoms with E-state index in [0.29, 0.717) is 12.5 Å². The van der Waals surface area contributed by atoms with Crippen LogP contribution in [0.5, 0.6) is 0 Å². The highest BCUT2D eigenvalue weighted by Crippen LogP contribution is 2.38. The SMILES string of the molecule is C=Cc1ccc2c(Cl)c3c(nc2c1)CC(c1ccnc(CN)c1)CC3. The second-order valence-electron chi connectivity index (χ2n) is 6.56. The van der Waals surface area contributed by atoms with Crippen LogP contribution in [0.1, 0.15) is 40.4 Å². The van der Waals surface area contributed by atoms with Crippen molar-refractivity contribution in [2.75, 3.05) is 0 Å². The normalized spacial score (nSPS) is 16.6. The van der Waals surface area contributed by atoms with Crippen LogP contribution in [0.4, 0.5) is 0 Å². The van der Waals surface area contributed by atoms with E-state index in [-0.39, 0.29) is 0 Å². The number of benzene rings is 1. The number of nitrogens with zero attached hydrogens (tertiary/aromatic N) is 2. The fourth-order valence-corrected chi connectivity index (χ4v) is 4.04. The van der Waals surface area contributed by atoms with Crippen LogP contribution in [0.2, 0.25) is 5.02 Å². The molecule has 0 saturated heterocycles. The molecule has 0 radical (unpaired) electrons. The third-order valence-electron chi connectivity index (χ3n) is 5.07. The van der Waals surface area contributed by atoms with Crippen LogP contribution in [-0.2, 0) is 19.4 Å². The van der Waals surface area contributed by atoms with E-state index in [1.165, 1.54) is 11.1 Å². The Kier molecular flexibility index (Phi) is 4.28. The minimum absolute atomic E-state index is 0.435. The summed E-state index contributed by atoms with van der Waals surface area (Å²) in [5.41, 5.74) is 12.3. The van der Waals surface area contributed by atoms with Crippen LogP contribution < -0.4 is 5.73 Å². The summed E-state index contributed by atoms with van der Waals surface area (Å²) in [5.74, 6) is 0.435. The van der Waals surface area contributed by atoms with E-state index in [0.717, 1.165) is 52.1 Å². The second kappa shape index (κ2) is 6.58. The number of pyridine rings is 2. The molecule has 2 N–H and O–H groups in total. The lowest BCUT2D eigenvalue weighted by atomic mass is 9.82. The number of nitrogens with two attached hydrogens (primary N) is 1. The van der Waals surface area contributed by atoms with Gasteiger partial charge in [-0.15, -0.1) is 0 Å². The van der Waals surface area contributed by atoms with Gasteiger partial charge in [-0.3, -0.25) is 9.97 Å². The van der Waals surface area contributed by atoms with Gasteiger partial charge in [-0.05, 0) is 60.1 Å². The van der Waals surface area contributed by atoms with E-state index < -0.39 is 0 Å². The molecule has 126 valence electrons.